The maximum Gasteiger partial charge on any atom is 0.123 e. The fraction of sp³-hybridized carbons (Fsp3) is 0.667. The summed E-state index contributed by atoms with van der Waals surface area (Å²) in [5.41, 5.74) is 1.24. The van der Waals surface area contributed by atoms with E-state index >= 15 is 0 Å². The van der Waals surface area contributed by atoms with E-state index in [1.807, 2.05) is 19.1 Å². The van der Waals surface area contributed by atoms with Crippen LogP contribution in [0, 0.1) is 5.82 Å². The number of aliphatic hydroxyl groups is 1. The largest absolute Gasteiger partial charge is 0.392 e. The number of nitrogens with zero attached hydrogens (tertiary/aromatic N) is 2. The van der Waals surface area contributed by atoms with Crippen LogP contribution in [0.25, 0.3) is 0 Å². The van der Waals surface area contributed by atoms with Crippen molar-refractivity contribution in [3.63, 3.8) is 0 Å². The summed E-state index contributed by atoms with van der Waals surface area (Å²) in [6, 6.07) is 6.82. The van der Waals surface area contributed by atoms with E-state index in [4.69, 9.17) is 4.74 Å². The molecule has 4 nitrogen and oxygen atoms in total. The summed E-state index contributed by atoms with van der Waals surface area (Å²) in [6.07, 6.45) is 1.84. The summed E-state index contributed by atoms with van der Waals surface area (Å²) in [6.45, 7) is 7.89. The molecule has 23 heavy (non-hydrogen) atoms. The van der Waals surface area contributed by atoms with Gasteiger partial charge in [0, 0.05) is 38.3 Å². The van der Waals surface area contributed by atoms with Crippen LogP contribution in [-0.2, 0) is 11.3 Å². The molecular formula is C18H27FN2O2. The van der Waals surface area contributed by atoms with Crippen molar-refractivity contribution >= 4 is 0 Å². The first-order valence-electron chi connectivity index (χ1n) is 8.55. The molecule has 2 aliphatic heterocycles. The van der Waals surface area contributed by atoms with Crippen LogP contribution < -0.4 is 0 Å². The Balaban J connectivity index is 1.65. The summed E-state index contributed by atoms with van der Waals surface area (Å²) in [5, 5.41) is 9.57. The fourth-order valence-electron chi connectivity index (χ4n) is 3.81. The minimum atomic E-state index is -0.276. The molecule has 1 spiro atoms. The Bertz CT molecular complexity index is 498. The van der Waals surface area contributed by atoms with Crippen molar-refractivity contribution in [2.75, 3.05) is 39.4 Å². The average molecular weight is 322 g/mol. The number of rotatable bonds is 4. The van der Waals surface area contributed by atoms with E-state index in [1.54, 1.807) is 0 Å². The van der Waals surface area contributed by atoms with Crippen LogP contribution >= 0.6 is 0 Å². The zero-order valence-corrected chi connectivity index (χ0v) is 13.9. The smallest absolute Gasteiger partial charge is 0.123 e. The molecule has 0 unspecified atom stereocenters. The lowest BCUT2D eigenvalue weighted by Crippen LogP contribution is -2.61. The Kier molecular flexibility index (Phi) is 5.31. The number of ether oxygens (including phenoxy) is 1. The Morgan fingerprint density at radius 2 is 1.91 bits per heavy atom. The van der Waals surface area contributed by atoms with Gasteiger partial charge in [-0.25, -0.2) is 4.39 Å². The molecule has 0 bridgehead atoms. The Morgan fingerprint density at radius 3 is 2.57 bits per heavy atom. The van der Waals surface area contributed by atoms with Gasteiger partial charge in [0.05, 0.1) is 19.3 Å². The summed E-state index contributed by atoms with van der Waals surface area (Å²) < 4.78 is 18.9. The van der Waals surface area contributed by atoms with Crippen LogP contribution in [0.15, 0.2) is 24.3 Å². The first-order valence-corrected chi connectivity index (χ1v) is 8.55. The molecule has 1 aromatic carbocycles. The number of hydrogen-bond donors (Lipinski definition) is 1. The van der Waals surface area contributed by atoms with Crippen LogP contribution in [0.1, 0.15) is 25.3 Å². The molecule has 2 heterocycles. The molecule has 5 heteroatoms. The van der Waals surface area contributed by atoms with Crippen molar-refractivity contribution in [2.24, 2.45) is 0 Å². The average Bonchev–Trinajstić information content (AvgIpc) is 2.54. The first-order chi connectivity index (χ1) is 11.1. The maximum absolute atomic E-state index is 13.1. The van der Waals surface area contributed by atoms with E-state index in [0.717, 1.165) is 64.3 Å². The van der Waals surface area contributed by atoms with Gasteiger partial charge in [0.1, 0.15) is 5.82 Å². The second-order valence-electron chi connectivity index (χ2n) is 6.97. The molecule has 1 aromatic rings. The molecule has 0 aliphatic carbocycles. The van der Waals surface area contributed by atoms with Crippen LogP contribution in [0.4, 0.5) is 4.39 Å². The van der Waals surface area contributed by atoms with Gasteiger partial charge in [-0.15, -0.1) is 0 Å². The number of hydrogen-bond acceptors (Lipinski definition) is 4. The van der Waals surface area contributed by atoms with Crippen molar-refractivity contribution in [3.05, 3.63) is 35.6 Å². The second-order valence-corrected chi connectivity index (χ2v) is 6.97. The van der Waals surface area contributed by atoms with Gasteiger partial charge in [0.25, 0.3) is 0 Å². The predicted octanol–water partition coefficient (Wildman–Crippen LogP) is 1.87. The van der Waals surface area contributed by atoms with Crippen molar-refractivity contribution in [1.82, 2.24) is 9.80 Å². The monoisotopic (exact) mass is 322 g/mol. The summed E-state index contributed by atoms with van der Waals surface area (Å²) in [7, 11) is 0. The minimum Gasteiger partial charge on any atom is -0.392 e. The highest BCUT2D eigenvalue weighted by Crippen LogP contribution is 2.33. The van der Waals surface area contributed by atoms with Crippen molar-refractivity contribution in [1.29, 1.82) is 0 Å². The van der Waals surface area contributed by atoms with Crippen molar-refractivity contribution in [2.45, 2.75) is 38.0 Å². The Morgan fingerprint density at radius 1 is 1.22 bits per heavy atom. The van der Waals surface area contributed by atoms with E-state index in [1.165, 1.54) is 12.1 Å². The molecule has 0 amide bonds. The molecule has 0 aromatic heterocycles. The van der Waals surface area contributed by atoms with E-state index in [9.17, 15) is 9.50 Å². The van der Waals surface area contributed by atoms with Gasteiger partial charge >= 0.3 is 0 Å². The minimum absolute atomic E-state index is 0.0851. The number of halogens is 1. The van der Waals surface area contributed by atoms with Gasteiger partial charge in [-0.3, -0.25) is 4.90 Å². The van der Waals surface area contributed by atoms with Gasteiger partial charge in [0.2, 0.25) is 0 Å². The van der Waals surface area contributed by atoms with E-state index < -0.39 is 0 Å². The lowest BCUT2D eigenvalue weighted by molar-refractivity contribution is -0.101. The molecule has 2 aliphatic rings. The second kappa shape index (κ2) is 7.26. The number of likely N-dealkylation sites (tertiary alicyclic amines) is 1. The van der Waals surface area contributed by atoms with Gasteiger partial charge in [-0.1, -0.05) is 12.1 Å². The van der Waals surface area contributed by atoms with Crippen molar-refractivity contribution < 1.29 is 14.2 Å². The van der Waals surface area contributed by atoms with E-state index in [-0.39, 0.29) is 17.5 Å². The fourth-order valence-corrected chi connectivity index (χ4v) is 3.81. The molecule has 0 saturated carbocycles. The third-order valence-corrected chi connectivity index (χ3v) is 5.14. The normalized spacial score (nSPS) is 24.0. The van der Waals surface area contributed by atoms with Crippen LogP contribution in [0.3, 0.4) is 0 Å². The van der Waals surface area contributed by atoms with Crippen LogP contribution in [-0.4, -0.2) is 65.9 Å². The Labute approximate surface area is 137 Å². The Hall–Kier alpha value is -1.01. The number of β-amino-alcohol motifs (C(OH)–C–C–N with tert-alkyl or cyclic N) is 1. The van der Waals surface area contributed by atoms with Crippen LogP contribution in [0.5, 0.6) is 0 Å². The van der Waals surface area contributed by atoms with Gasteiger partial charge in [0.15, 0.2) is 0 Å². The van der Waals surface area contributed by atoms with Crippen molar-refractivity contribution in [3.8, 4) is 0 Å². The number of aliphatic hydroxyl groups excluding tert-OH is 1. The third-order valence-electron chi connectivity index (χ3n) is 5.14. The number of morpholine rings is 1. The molecule has 3 rings (SSSR count). The standard InChI is InChI=1S/C18H27FN2O2/c1-15(22)12-20-8-6-18(7-9-20)14-23-11-10-21(18)13-16-2-4-17(19)5-3-16/h2-5,15,22H,6-14H2,1H3/t15-/m1/s1. The van der Waals surface area contributed by atoms with Gasteiger partial charge in [-0.05, 0) is 37.5 Å². The molecule has 2 saturated heterocycles. The zero-order chi connectivity index (χ0) is 16.3. The zero-order valence-electron chi connectivity index (χ0n) is 13.9. The lowest BCUT2D eigenvalue weighted by atomic mass is 9.85. The van der Waals surface area contributed by atoms with Crippen LogP contribution in [0.2, 0.25) is 0 Å². The quantitative estimate of drug-likeness (QED) is 0.918. The highest BCUT2D eigenvalue weighted by molar-refractivity contribution is 5.17. The third kappa shape index (κ3) is 4.10. The first kappa shape index (κ1) is 16.8. The molecular weight excluding hydrogens is 295 g/mol. The van der Waals surface area contributed by atoms with E-state index in [2.05, 4.69) is 9.80 Å². The molecule has 0 radical (unpaired) electrons. The predicted molar refractivity (Wildman–Crippen MR) is 87.7 cm³/mol. The topological polar surface area (TPSA) is 35.9 Å². The molecule has 2 fully saturated rings. The molecule has 1 atom stereocenters. The maximum atomic E-state index is 13.1. The summed E-state index contributed by atoms with van der Waals surface area (Å²) >= 11 is 0. The molecule has 1 N–H and O–H groups in total. The SMILES string of the molecule is C[C@@H](O)CN1CCC2(CC1)COCCN2Cc1ccc(F)cc1. The highest BCUT2D eigenvalue weighted by atomic mass is 19.1. The highest BCUT2D eigenvalue weighted by Gasteiger charge is 2.42. The van der Waals surface area contributed by atoms with E-state index in [0.29, 0.717) is 0 Å². The lowest BCUT2D eigenvalue weighted by Gasteiger charge is -2.51. The van der Waals surface area contributed by atoms with Gasteiger partial charge in [-0.2, -0.15) is 0 Å². The number of benzene rings is 1. The number of piperidine rings is 1. The summed E-state index contributed by atoms with van der Waals surface area (Å²) in [4.78, 5) is 4.85. The molecule has 128 valence electrons. The van der Waals surface area contributed by atoms with Gasteiger partial charge < -0.3 is 14.7 Å². The summed E-state index contributed by atoms with van der Waals surface area (Å²) in [5.74, 6) is -0.183.